The first-order chi connectivity index (χ1) is 18.7. The number of aliphatic carboxylic acids is 1. The Kier molecular flexibility index (Phi) is 7.18. The van der Waals surface area contributed by atoms with Gasteiger partial charge >= 0.3 is 5.97 Å². The SMILES string of the molecule is COc1ccc([C@@H]2[C@@H](C(=O)O)[C@@H](c3ccc4c(c3)OCO4)CN2CC(=O)Nc2c(C)cc(C)cc2C)cc1F. The Hall–Kier alpha value is -4.11. The third-order valence-corrected chi connectivity index (χ3v) is 7.51. The molecule has 0 unspecified atom stereocenters. The van der Waals surface area contributed by atoms with Crippen molar-refractivity contribution >= 4 is 17.6 Å². The van der Waals surface area contributed by atoms with Gasteiger partial charge < -0.3 is 24.6 Å². The number of anilines is 1. The van der Waals surface area contributed by atoms with Crippen molar-refractivity contribution in [1.82, 2.24) is 4.90 Å². The molecule has 2 aliphatic rings. The van der Waals surface area contributed by atoms with Crippen molar-refractivity contribution in [3.8, 4) is 17.2 Å². The second-order valence-electron chi connectivity index (χ2n) is 10.2. The average Bonchev–Trinajstić information content (AvgIpc) is 3.50. The number of ether oxygens (including phenoxy) is 3. The molecule has 3 aromatic rings. The van der Waals surface area contributed by atoms with Crippen LogP contribution in [0.15, 0.2) is 48.5 Å². The number of carboxylic acid groups (broad SMARTS) is 1. The lowest BCUT2D eigenvalue weighted by Gasteiger charge is -2.27. The van der Waals surface area contributed by atoms with Gasteiger partial charge in [0.25, 0.3) is 0 Å². The number of aryl methyl sites for hydroxylation is 3. The molecule has 0 bridgehead atoms. The summed E-state index contributed by atoms with van der Waals surface area (Å²) in [6.45, 7) is 6.17. The first kappa shape index (κ1) is 26.5. The highest BCUT2D eigenvalue weighted by Gasteiger charge is 2.48. The third kappa shape index (κ3) is 5.14. The number of nitrogens with one attached hydrogen (secondary N) is 1. The zero-order chi connectivity index (χ0) is 27.8. The van der Waals surface area contributed by atoms with Crippen molar-refractivity contribution in [2.45, 2.75) is 32.7 Å². The van der Waals surface area contributed by atoms with Gasteiger partial charge in [-0.2, -0.15) is 0 Å². The topological polar surface area (TPSA) is 97.3 Å². The molecule has 2 aliphatic heterocycles. The fourth-order valence-corrected chi connectivity index (χ4v) is 5.88. The van der Waals surface area contributed by atoms with E-state index in [4.69, 9.17) is 14.2 Å². The maximum atomic E-state index is 14.8. The van der Waals surface area contributed by atoms with Gasteiger partial charge in [0.1, 0.15) is 0 Å². The molecule has 5 rings (SSSR count). The summed E-state index contributed by atoms with van der Waals surface area (Å²) in [5, 5.41) is 13.4. The van der Waals surface area contributed by atoms with E-state index >= 15 is 0 Å². The van der Waals surface area contributed by atoms with E-state index in [1.807, 2.05) is 43.9 Å². The Bertz CT molecular complexity index is 1420. The van der Waals surface area contributed by atoms with Crippen molar-refractivity contribution in [2.24, 2.45) is 5.92 Å². The maximum Gasteiger partial charge on any atom is 0.309 e. The monoisotopic (exact) mass is 534 g/mol. The summed E-state index contributed by atoms with van der Waals surface area (Å²) in [6, 6.07) is 13.0. The van der Waals surface area contributed by atoms with Crippen molar-refractivity contribution < 1.29 is 33.3 Å². The molecule has 1 amide bonds. The van der Waals surface area contributed by atoms with Crippen LogP contribution in [0.5, 0.6) is 17.2 Å². The van der Waals surface area contributed by atoms with Gasteiger partial charge in [-0.05, 0) is 67.3 Å². The number of benzene rings is 3. The minimum Gasteiger partial charge on any atom is -0.494 e. The second kappa shape index (κ2) is 10.6. The van der Waals surface area contributed by atoms with E-state index in [2.05, 4.69) is 5.32 Å². The summed E-state index contributed by atoms with van der Waals surface area (Å²) in [6.07, 6.45) is 0. The zero-order valence-corrected chi connectivity index (χ0v) is 22.3. The van der Waals surface area contributed by atoms with E-state index in [0.717, 1.165) is 27.9 Å². The zero-order valence-electron chi connectivity index (χ0n) is 22.3. The van der Waals surface area contributed by atoms with Crippen LogP contribution in [0.4, 0.5) is 10.1 Å². The van der Waals surface area contributed by atoms with Gasteiger partial charge in [-0.25, -0.2) is 4.39 Å². The Morgan fingerprint density at radius 2 is 1.72 bits per heavy atom. The lowest BCUT2D eigenvalue weighted by molar-refractivity contribution is -0.143. The van der Waals surface area contributed by atoms with Gasteiger partial charge in [-0.1, -0.05) is 29.8 Å². The number of likely N-dealkylation sites (tertiary alicyclic amines) is 1. The van der Waals surface area contributed by atoms with Crippen molar-refractivity contribution in [3.63, 3.8) is 0 Å². The number of carbonyl (C=O) groups excluding carboxylic acids is 1. The Labute approximate surface area is 226 Å². The molecule has 2 N–H and O–H groups in total. The molecule has 0 spiro atoms. The summed E-state index contributed by atoms with van der Waals surface area (Å²) in [7, 11) is 1.37. The molecule has 0 saturated carbocycles. The van der Waals surface area contributed by atoms with Crippen LogP contribution in [-0.2, 0) is 9.59 Å². The van der Waals surface area contributed by atoms with Gasteiger partial charge in [0.2, 0.25) is 12.7 Å². The molecule has 2 heterocycles. The van der Waals surface area contributed by atoms with Crippen LogP contribution >= 0.6 is 0 Å². The maximum absolute atomic E-state index is 14.8. The molecule has 9 heteroatoms. The lowest BCUT2D eigenvalue weighted by Crippen LogP contribution is -2.35. The fourth-order valence-electron chi connectivity index (χ4n) is 5.88. The first-order valence-electron chi connectivity index (χ1n) is 12.7. The van der Waals surface area contributed by atoms with Crippen LogP contribution in [0.25, 0.3) is 0 Å². The highest BCUT2D eigenvalue weighted by Crippen LogP contribution is 2.48. The van der Waals surface area contributed by atoms with Gasteiger partial charge in [-0.15, -0.1) is 0 Å². The first-order valence-corrected chi connectivity index (χ1v) is 12.7. The number of amides is 1. The van der Waals surface area contributed by atoms with E-state index in [-0.39, 0.29) is 31.5 Å². The van der Waals surface area contributed by atoms with E-state index in [1.165, 1.54) is 19.2 Å². The molecule has 1 fully saturated rings. The van der Waals surface area contributed by atoms with E-state index in [0.29, 0.717) is 17.1 Å². The Morgan fingerprint density at radius 1 is 1.03 bits per heavy atom. The molecule has 0 aliphatic carbocycles. The summed E-state index contributed by atoms with van der Waals surface area (Å²) in [5.74, 6) is -2.14. The number of halogens is 1. The molecule has 8 nitrogen and oxygen atoms in total. The number of fused-ring (bicyclic) bond motifs is 1. The van der Waals surface area contributed by atoms with Crippen molar-refractivity contribution in [2.75, 3.05) is 32.3 Å². The molecule has 0 aromatic heterocycles. The molecule has 204 valence electrons. The van der Waals surface area contributed by atoms with E-state index < -0.39 is 29.7 Å². The fraction of sp³-hybridized carbons (Fsp3) is 0.333. The van der Waals surface area contributed by atoms with Crippen molar-refractivity contribution in [3.05, 3.63) is 82.2 Å². The predicted octanol–water partition coefficient (Wildman–Crippen LogP) is 4.97. The van der Waals surface area contributed by atoms with Crippen LogP contribution < -0.4 is 19.5 Å². The van der Waals surface area contributed by atoms with Crippen LogP contribution in [0.3, 0.4) is 0 Å². The molecule has 3 aromatic carbocycles. The molecule has 39 heavy (non-hydrogen) atoms. The number of hydrogen-bond donors (Lipinski definition) is 2. The molecule has 1 saturated heterocycles. The number of carbonyl (C=O) groups is 2. The van der Waals surface area contributed by atoms with E-state index in [9.17, 15) is 19.1 Å². The largest absolute Gasteiger partial charge is 0.494 e. The number of carboxylic acids is 1. The summed E-state index contributed by atoms with van der Waals surface area (Å²) < 4.78 is 30.8. The van der Waals surface area contributed by atoms with Gasteiger partial charge in [0.05, 0.1) is 19.6 Å². The highest BCUT2D eigenvalue weighted by atomic mass is 19.1. The van der Waals surface area contributed by atoms with Crippen LogP contribution in [0, 0.1) is 32.5 Å². The normalized spacial score (nSPS) is 20.2. The highest BCUT2D eigenvalue weighted by molar-refractivity contribution is 5.94. The average molecular weight is 535 g/mol. The second-order valence-corrected chi connectivity index (χ2v) is 10.2. The minimum absolute atomic E-state index is 0.0607. The van der Waals surface area contributed by atoms with E-state index in [1.54, 1.807) is 18.2 Å². The number of rotatable bonds is 7. The van der Waals surface area contributed by atoms with Crippen molar-refractivity contribution in [1.29, 1.82) is 0 Å². The van der Waals surface area contributed by atoms with Crippen LogP contribution in [-0.4, -0.2) is 48.9 Å². The summed E-state index contributed by atoms with van der Waals surface area (Å²) in [5.41, 5.74) is 4.92. The summed E-state index contributed by atoms with van der Waals surface area (Å²) >= 11 is 0. The van der Waals surface area contributed by atoms with Gasteiger partial charge in [0.15, 0.2) is 23.1 Å². The van der Waals surface area contributed by atoms with Gasteiger partial charge in [-0.3, -0.25) is 14.5 Å². The number of hydrogen-bond acceptors (Lipinski definition) is 6. The van der Waals surface area contributed by atoms with Crippen LogP contribution in [0.2, 0.25) is 0 Å². The summed E-state index contributed by atoms with van der Waals surface area (Å²) in [4.78, 5) is 27.9. The minimum atomic E-state index is -1.04. The Balaban J connectivity index is 1.51. The quantitative estimate of drug-likeness (QED) is 0.442. The number of nitrogens with zero attached hydrogens (tertiary/aromatic N) is 1. The van der Waals surface area contributed by atoms with Crippen LogP contribution in [0.1, 0.15) is 39.8 Å². The molecule has 3 atom stereocenters. The molecular formula is C30H31FN2O6. The lowest BCUT2D eigenvalue weighted by atomic mass is 9.82. The predicted molar refractivity (Wildman–Crippen MR) is 143 cm³/mol. The Morgan fingerprint density at radius 3 is 2.38 bits per heavy atom. The number of methoxy groups -OCH3 is 1. The molecule has 0 radical (unpaired) electrons. The third-order valence-electron chi connectivity index (χ3n) is 7.51. The molecular weight excluding hydrogens is 503 g/mol. The smallest absolute Gasteiger partial charge is 0.309 e. The standard InChI is InChI=1S/C30H31FN2O6/c1-16-9-17(2)28(18(3)10-16)32-26(34)14-33-13-21(19-5-8-24-25(12-19)39-15-38-24)27(30(35)36)29(33)20-6-7-23(37-4)22(31)11-20/h5-12,21,27,29H,13-15H2,1-4H3,(H,32,34)(H,35,36)/t21-,27+,29-/m1/s1. The van der Waals surface area contributed by atoms with Gasteiger partial charge in [0, 0.05) is 24.2 Å².